The molecular formula is C12H15NO3. The van der Waals surface area contributed by atoms with Crippen molar-refractivity contribution in [3.8, 4) is 0 Å². The molecule has 1 unspecified atom stereocenters. The smallest absolute Gasteiger partial charge is 0.302 e. The van der Waals surface area contributed by atoms with Crippen LogP contribution in [-0.4, -0.2) is 18.5 Å². The van der Waals surface area contributed by atoms with E-state index in [0.717, 1.165) is 5.56 Å². The molecule has 0 radical (unpaired) electrons. The largest absolute Gasteiger partial charge is 0.464 e. The predicted molar refractivity (Wildman–Crippen MR) is 59.6 cm³/mol. The van der Waals surface area contributed by atoms with Crippen LogP contribution < -0.4 is 5.73 Å². The van der Waals surface area contributed by atoms with Gasteiger partial charge in [0.1, 0.15) is 12.0 Å². The van der Waals surface area contributed by atoms with Crippen LogP contribution in [0, 0.1) is 0 Å². The van der Waals surface area contributed by atoms with Crippen LogP contribution in [0.25, 0.3) is 0 Å². The van der Waals surface area contributed by atoms with E-state index >= 15 is 0 Å². The summed E-state index contributed by atoms with van der Waals surface area (Å²) in [5.41, 5.74) is 5.12. The van der Waals surface area contributed by atoms with Gasteiger partial charge in [-0.1, -0.05) is 30.3 Å². The Morgan fingerprint density at radius 2 is 1.88 bits per heavy atom. The van der Waals surface area contributed by atoms with Gasteiger partial charge >= 0.3 is 5.97 Å². The number of primary amides is 1. The molecule has 0 heterocycles. The van der Waals surface area contributed by atoms with Crippen LogP contribution in [0.3, 0.4) is 0 Å². The Morgan fingerprint density at radius 1 is 1.31 bits per heavy atom. The maximum Gasteiger partial charge on any atom is 0.302 e. The minimum atomic E-state index is -0.979. The number of ether oxygens (including phenoxy) is 1. The molecule has 0 aliphatic carbocycles. The highest BCUT2D eigenvalue weighted by atomic mass is 16.5. The van der Waals surface area contributed by atoms with E-state index in [1.807, 2.05) is 18.2 Å². The molecule has 0 spiro atoms. The molecular weight excluding hydrogens is 206 g/mol. The first kappa shape index (κ1) is 12.2. The second-order valence-electron chi connectivity index (χ2n) is 3.84. The summed E-state index contributed by atoms with van der Waals surface area (Å²) in [6.07, 6.45) is 0. The number of nitrogens with two attached hydrogens (primary N) is 1. The lowest BCUT2D eigenvalue weighted by atomic mass is 9.82. The number of carbonyl (C=O) groups is 2. The highest BCUT2D eigenvalue weighted by molar-refractivity contribution is 5.86. The zero-order chi connectivity index (χ0) is 12.2. The number of hydrogen-bond donors (Lipinski definition) is 1. The van der Waals surface area contributed by atoms with Gasteiger partial charge in [0.05, 0.1) is 0 Å². The molecule has 1 atom stereocenters. The Balaban J connectivity index is 2.98. The van der Waals surface area contributed by atoms with Crippen molar-refractivity contribution in [1.82, 2.24) is 0 Å². The summed E-state index contributed by atoms with van der Waals surface area (Å²) in [5.74, 6) is -0.941. The fourth-order valence-electron chi connectivity index (χ4n) is 1.35. The normalized spacial score (nSPS) is 13.9. The summed E-state index contributed by atoms with van der Waals surface area (Å²) in [6, 6.07) is 9.04. The van der Waals surface area contributed by atoms with Crippen molar-refractivity contribution >= 4 is 11.9 Å². The Morgan fingerprint density at radius 3 is 2.31 bits per heavy atom. The Kier molecular flexibility index (Phi) is 3.66. The van der Waals surface area contributed by atoms with E-state index in [1.54, 1.807) is 19.1 Å². The molecule has 1 rings (SSSR count). The fraction of sp³-hybridized carbons (Fsp3) is 0.333. The van der Waals surface area contributed by atoms with Gasteiger partial charge in [0, 0.05) is 6.92 Å². The summed E-state index contributed by atoms with van der Waals surface area (Å²) in [6.45, 7) is 2.92. The molecule has 0 aliphatic rings. The molecule has 0 saturated heterocycles. The molecule has 1 aromatic rings. The van der Waals surface area contributed by atoms with E-state index in [-0.39, 0.29) is 6.61 Å². The first-order valence-corrected chi connectivity index (χ1v) is 4.95. The van der Waals surface area contributed by atoms with E-state index in [4.69, 9.17) is 10.5 Å². The third kappa shape index (κ3) is 2.59. The third-order valence-corrected chi connectivity index (χ3v) is 2.52. The SMILES string of the molecule is CC(=O)OCC(C)(C(N)=O)c1ccccc1. The molecule has 4 nitrogen and oxygen atoms in total. The van der Waals surface area contributed by atoms with Gasteiger partial charge in [-0.05, 0) is 12.5 Å². The summed E-state index contributed by atoms with van der Waals surface area (Å²) in [7, 11) is 0. The maximum absolute atomic E-state index is 11.5. The number of benzene rings is 1. The number of rotatable bonds is 4. The lowest BCUT2D eigenvalue weighted by molar-refractivity contribution is -0.144. The highest BCUT2D eigenvalue weighted by Gasteiger charge is 2.34. The van der Waals surface area contributed by atoms with Gasteiger partial charge in [0.15, 0.2) is 0 Å². The average molecular weight is 221 g/mol. The molecule has 0 bridgehead atoms. The minimum Gasteiger partial charge on any atom is -0.464 e. The first-order valence-electron chi connectivity index (χ1n) is 4.95. The highest BCUT2D eigenvalue weighted by Crippen LogP contribution is 2.23. The van der Waals surface area contributed by atoms with Gasteiger partial charge in [-0.2, -0.15) is 0 Å². The van der Waals surface area contributed by atoms with E-state index in [1.165, 1.54) is 6.92 Å². The summed E-state index contributed by atoms with van der Waals surface area (Å²) in [5, 5.41) is 0. The quantitative estimate of drug-likeness (QED) is 0.771. The van der Waals surface area contributed by atoms with Crippen LogP contribution in [0.1, 0.15) is 19.4 Å². The molecule has 0 saturated carbocycles. The lowest BCUT2D eigenvalue weighted by Crippen LogP contribution is -2.42. The van der Waals surface area contributed by atoms with Crippen LogP contribution in [0.15, 0.2) is 30.3 Å². The third-order valence-electron chi connectivity index (χ3n) is 2.52. The maximum atomic E-state index is 11.5. The van der Waals surface area contributed by atoms with Crippen molar-refractivity contribution < 1.29 is 14.3 Å². The fourth-order valence-corrected chi connectivity index (χ4v) is 1.35. The predicted octanol–water partition coefficient (Wildman–Crippen LogP) is 0.993. The lowest BCUT2D eigenvalue weighted by Gasteiger charge is -2.25. The molecule has 1 aromatic carbocycles. The Labute approximate surface area is 94.4 Å². The van der Waals surface area contributed by atoms with Crippen molar-refractivity contribution in [2.45, 2.75) is 19.3 Å². The molecule has 2 N–H and O–H groups in total. The number of esters is 1. The number of hydrogen-bond acceptors (Lipinski definition) is 3. The monoisotopic (exact) mass is 221 g/mol. The Hall–Kier alpha value is -1.84. The zero-order valence-corrected chi connectivity index (χ0v) is 9.40. The minimum absolute atomic E-state index is 0.0400. The average Bonchev–Trinajstić information content (AvgIpc) is 2.26. The molecule has 16 heavy (non-hydrogen) atoms. The van der Waals surface area contributed by atoms with Crippen LogP contribution in [-0.2, 0) is 19.7 Å². The number of carbonyl (C=O) groups excluding carboxylic acids is 2. The Bertz CT molecular complexity index is 389. The second kappa shape index (κ2) is 4.79. The van der Waals surface area contributed by atoms with Crippen molar-refractivity contribution in [2.75, 3.05) is 6.61 Å². The second-order valence-corrected chi connectivity index (χ2v) is 3.84. The van der Waals surface area contributed by atoms with E-state index in [9.17, 15) is 9.59 Å². The van der Waals surface area contributed by atoms with Gasteiger partial charge in [0.25, 0.3) is 0 Å². The van der Waals surface area contributed by atoms with Gasteiger partial charge in [-0.15, -0.1) is 0 Å². The molecule has 0 aliphatic heterocycles. The summed E-state index contributed by atoms with van der Waals surface area (Å²) < 4.78 is 4.88. The molecule has 86 valence electrons. The zero-order valence-electron chi connectivity index (χ0n) is 9.40. The van der Waals surface area contributed by atoms with Crippen molar-refractivity contribution in [1.29, 1.82) is 0 Å². The van der Waals surface area contributed by atoms with Gasteiger partial charge in [0.2, 0.25) is 5.91 Å². The molecule has 1 amide bonds. The van der Waals surface area contributed by atoms with E-state index < -0.39 is 17.3 Å². The van der Waals surface area contributed by atoms with Gasteiger partial charge < -0.3 is 10.5 Å². The van der Waals surface area contributed by atoms with Gasteiger partial charge in [-0.3, -0.25) is 9.59 Å². The number of amides is 1. The standard InChI is InChI=1S/C12H15NO3/c1-9(14)16-8-12(2,11(13)15)10-6-4-3-5-7-10/h3-7H,8H2,1-2H3,(H2,13,15). The molecule has 0 aromatic heterocycles. The van der Waals surface area contributed by atoms with Crippen molar-refractivity contribution in [3.05, 3.63) is 35.9 Å². The van der Waals surface area contributed by atoms with Crippen LogP contribution >= 0.6 is 0 Å². The molecule has 4 heteroatoms. The van der Waals surface area contributed by atoms with E-state index in [0.29, 0.717) is 0 Å². The van der Waals surface area contributed by atoms with Crippen LogP contribution in [0.5, 0.6) is 0 Å². The van der Waals surface area contributed by atoms with Gasteiger partial charge in [-0.25, -0.2) is 0 Å². The molecule has 0 fully saturated rings. The summed E-state index contributed by atoms with van der Waals surface area (Å²) >= 11 is 0. The first-order chi connectivity index (χ1) is 7.47. The topological polar surface area (TPSA) is 69.4 Å². The van der Waals surface area contributed by atoms with Crippen molar-refractivity contribution in [3.63, 3.8) is 0 Å². The van der Waals surface area contributed by atoms with E-state index in [2.05, 4.69) is 0 Å². The van der Waals surface area contributed by atoms with Crippen molar-refractivity contribution in [2.24, 2.45) is 5.73 Å². The summed E-state index contributed by atoms with van der Waals surface area (Å²) in [4.78, 5) is 22.2. The van der Waals surface area contributed by atoms with Crippen LogP contribution in [0.2, 0.25) is 0 Å². The van der Waals surface area contributed by atoms with Crippen LogP contribution in [0.4, 0.5) is 0 Å².